The molecule has 1 heterocycles. The highest BCUT2D eigenvalue weighted by Crippen LogP contribution is 2.25. The van der Waals surface area contributed by atoms with E-state index in [4.69, 9.17) is 0 Å². The van der Waals surface area contributed by atoms with Crippen molar-refractivity contribution in [2.45, 2.75) is 0 Å². The number of benzene rings is 2. The Morgan fingerprint density at radius 1 is 0.895 bits per heavy atom. The van der Waals surface area contributed by atoms with Crippen LogP contribution in [0.25, 0.3) is 22.6 Å². The van der Waals surface area contributed by atoms with Crippen molar-refractivity contribution in [2.24, 2.45) is 0 Å². The van der Waals surface area contributed by atoms with Crippen molar-refractivity contribution in [1.82, 2.24) is 9.97 Å². The largest absolute Gasteiger partial charge is 0.338 e. The van der Waals surface area contributed by atoms with Gasteiger partial charge in [-0.1, -0.05) is 36.4 Å². The Balaban J connectivity index is 2.05. The Hall–Kier alpha value is -2.49. The first kappa shape index (κ1) is 11.6. The summed E-state index contributed by atoms with van der Waals surface area (Å²) < 4.78 is 26.9. The Kier molecular flexibility index (Phi) is 2.83. The first-order valence-corrected chi connectivity index (χ1v) is 5.80. The number of nitrogens with one attached hydrogen (secondary N) is 1. The number of hydrogen-bond donors (Lipinski definition) is 1. The molecule has 0 saturated carbocycles. The van der Waals surface area contributed by atoms with Crippen molar-refractivity contribution >= 4 is 0 Å². The molecule has 3 rings (SSSR count). The Morgan fingerprint density at radius 2 is 1.68 bits per heavy atom. The van der Waals surface area contributed by atoms with E-state index in [2.05, 4.69) is 9.97 Å². The smallest absolute Gasteiger partial charge is 0.168 e. The predicted octanol–water partition coefficient (Wildman–Crippen LogP) is 4.02. The number of hydrogen-bond acceptors (Lipinski definition) is 1. The number of rotatable bonds is 2. The molecule has 0 spiro atoms. The molecule has 1 aromatic heterocycles. The van der Waals surface area contributed by atoms with E-state index in [-0.39, 0.29) is 5.56 Å². The van der Waals surface area contributed by atoms with E-state index >= 15 is 0 Å². The lowest BCUT2D eigenvalue weighted by atomic mass is 10.1. The third-order valence-corrected chi connectivity index (χ3v) is 2.86. The van der Waals surface area contributed by atoms with Gasteiger partial charge in [0.2, 0.25) is 0 Å². The van der Waals surface area contributed by atoms with Crippen LogP contribution in [0.5, 0.6) is 0 Å². The summed E-state index contributed by atoms with van der Waals surface area (Å²) in [5.74, 6) is -1.11. The van der Waals surface area contributed by atoms with Gasteiger partial charge >= 0.3 is 0 Å². The van der Waals surface area contributed by atoms with Crippen LogP contribution in [0.4, 0.5) is 8.78 Å². The van der Waals surface area contributed by atoms with Gasteiger partial charge in [0.05, 0.1) is 11.9 Å². The zero-order valence-corrected chi connectivity index (χ0v) is 9.90. The Morgan fingerprint density at radius 3 is 2.47 bits per heavy atom. The lowest BCUT2D eigenvalue weighted by Gasteiger charge is -2.00. The molecule has 4 heteroatoms. The van der Waals surface area contributed by atoms with Gasteiger partial charge in [-0.25, -0.2) is 13.8 Å². The molecule has 0 radical (unpaired) electrons. The van der Waals surface area contributed by atoms with Crippen LogP contribution in [0.2, 0.25) is 0 Å². The third-order valence-electron chi connectivity index (χ3n) is 2.86. The molecule has 2 nitrogen and oxygen atoms in total. The highest BCUT2D eigenvalue weighted by atomic mass is 19.2. The molecule has 0 aliphatic heterocycles. The molecule has 0 bridgehead atoms. The normalized spacial score (nSPS) is 10.6. The molecule has 2 aromatic carbocycles. The van der Waals surface area contributed by atoms with E-state index in [0.717, 1.165) is 11.6 Å². The fourth-order valence-corrected chi connectivity index (χ4v) is 1.91. The van der Waals surface area contributed by atoms with E-state index in [9.17, 15) is 8.78 Å². The van der Waals surface area contributed by atoms with Crippen LogP contribution >= 0.6 is 0 Å². The van der Waals surface area contributed by atoms with Crippen molar-refractivity contribution in [3.8, 4) is 22.6 Å². The fraction of sp³-hybridized carbons (Fsp3) is 0. The van der Waals surface area contributed by atoms with E-state index in [0.29, 0.717) is 11.5 Å². The van der Waals surface area contributed by atoms with E-state index in [1.807, 2.05) is 30.3 Å². The number of nitrogens with zero attached hydrogens (tertiary/aromatic N) is 1. The molecule has 0 saturated heterocycles. The summed E-state index contributed by atoms with van der Waals surface area (Å²) in [6.45, 7) is 0. The number of H-pyrrole nitrogens is 1. The maximum Gasteiger partial charge on any atom is 0.168 e. The average molecular weight is 256 g/mol. The van der Waals surface area contributed by atoms with Crippen LogP contribution in [0.1, 0.15) is 0 Å². The van der Waals surface area contributed by atoms with Crippen molar-refractivity contribution in [2.75, 3.05) is 0 Å². The molecule has 0 aliphatic carbocycles. The molecule has 1 N–H and O–H groups in total. The standard InChI is InChI=1S/C15H10F2N2/c16-12-8-4-7-11(14(12)17)13-9-18-15(19-13)10-5-2-1-3-6-10/h1-9H,(H,18,19). The average Bonchev–Trinajstić information content (AvgIpc) is 2.92. The SMILES string of the molecule is Fc1cccc(-c2cnc(-c3ccccc3)[nH]2)c1F. The number of halogens is 2. The second-order valence-corrected chi connectivity index (χ2v) is 4.11. The highest BCUT2D eigenvalue weighted by Gasteiger charge is 2.12. The highest BCUT2D eigenvalue weighted by molar-refractivity contribution is 5.64. The first-order valence-electron chi connectivity index (χ1n) is 5.80. The maximum absolute atomic E-state index is 13.7. The number of aromatic nitrogens is 2. The minimum atomic E-state index is -0.870. The van der Waals surface area contributed by atoms with E-state index in [1.54, 1.807) is 0 Å². The summed E-state index contributed by atoms with van der Waals surface area (Å²) in [6.07, 6.45) is 1.50. The summed E-state index contributed by atoms with van der Waals surface area (Å²) in [4.78, 5) is 7.18. The molecular formula is C15H10F2N2. The minimum Gasteiger partial charge on any atom is -0.338 e. The Labute approximate surface area is 108 Å². The zero-order chi connectivity index (χ0) is 13.2. The maximum atomic E-state index is 13.7. The van der Waals surface area contributed by atoms with Crippen LogP contribution < -0.4 is 0 Å². The molecule has 19 heavy (non-hydrogen) atoms. The Bertz CT molecular complexity index is 705. The lowest BCUT2D eigenvalue weighted by molar-refractivity contribution is 0.511. The summed E-state index contributed by atoms with van der Waals surface area (Å²) in [5.41, 5.74) is 1.52. The second kappa shape index (κ2) is 4.65. The van der Waals surface area contributed by atoms with Crippen molar-refractivity contribution in [3.63, 3.8) is 0 Å². The number of aromatic amines is 1. The van der Waals surface area contributed by atoms with Crippen molar-refractivity contribution in [3.05, 3.63) is 66.4 Å². The van der Waals surface area contributed by atoms with Crippen molar-refractivity contribution < 1.29 is 8.78 Å². The third kappa shape index (κ3) is 2.12. The molecule has 0 atom stereocenters. The van der Waals surface area contributed by atoms with Gasteiger partial charge in [-0.05, 0) is 12.1 Å². The van der Waals surface area contributed by atoms with Gasteiger partial charge in [0.1, 0.15) is 5.82 Å². The monoisotopic (exact) mass is 256 g/mol. The van der Waals surface area contributed by atoms with Gasteiger partial charge in [-0.2, -0.15) is 0 Å². The summed E-state index contributed by atoms with van der Waals surface area (Å²) in [7, 11) is 0. The van der Waals surface area contributed by atoms with Gasteiger partial charge in [0, 0.05) is 11.1 Å². The van der Waals surface area contributed by atoms with Crippen LogP contribution in [0.3, 0.4) is 0 Å². The minimum absolute atomic E-state index is 0.176. The fourth-order valence-electron chi connectivity index (χ4n) is 1.91. The molecule has 0 aliphatic rings. The first-order chi connectivity index (χ1) is 9.25. The van der Waals surface area contributed by atoms with Gasteiger partial charge in [0.15, 0.2) is 11.6 Å². The second-order valence-electron chi connectivity index (χ2n) is 4.11. The summed E-state index contributed by atoms with van der Waals surface area (Å²) in [5, 5.41) is 0. The van der Waals surface area contributed by atoms with Crippen molar-refractivity contribution in [1.29, 1.82) is 0 Å². The van der Waals surface area contributed by atoms with Gasteiger partial charge in [-0.3, -0.25) is 0 Å². The summed E-state index contributed by atoms with van der Waals surface area (Å²) in [6, 6.07) is 13.5. The van der Waals surface area contributed by atoms with Gasteiger partial charge in [0.25, 0.3) is 0 Å². The van der Waals surface area contributed by atoms with Gasteiger partial charge in [-0.15, -0.1) is 0 Å². The zero-order valence-electron chi connectivity index (χ0n) is 9.90. The molecule has 0 unspecified atom stereocenters. The molecule has 3 aromatic rings. The molecular weight excluding hydrogens is 246 g/mol. The van der Waals surface area contributed by atoms with Crippen LogP contribution in [0.15, 0.2) is 54.7 Å². The van der Waals surface area contributed by atoms with E-state index < -0.39 is 11.6 Å². The van der Waals surface area contributed by atoms with Crippen LogP contribution in [0, 0.1) is 11.6 Å². The molecule has 94 valence electrons. The lowest BCUT2D eigenvalue weighted by Crippen LogP contribution is -1.89. The summed E-state index contributed by atoms with van der Waals surface area (Å²) >= 11 is 0. The quantitative estimate of drug-likeness (QED) is 0.737. The predicted molar refractivity (Wildman–Crippen MR) is 69.4 cm³/mol. The topological polar surface area (TPSA) is 28.7 Å². The molecule has 0 amide bonds. The van der Waals surface area contributed by atoms with E-state index in [1.165, 1.54) is 18.3 Å². The number of imidazole rings is 1. The molecule has 0 fully saturated rings. The van der Waals surface area contributed by atoms with Gasteiger partial charge < -0.3 is 4.98 Å². The van der Waals surface area contributed by atoms with Crippen LogP contribution in [-0.2, 0) is 0 Å². The van der Waals surface area contributed by atoms with Crippen LogP contribution in [-0.4, -0.2) is 9.97 Å².